The first kappa shape index (κ1) is 17.9. The van der Waals surface area contributed by atoms with Gasteiger partial charge in [0.15, 0.2) is 6.56 Å². The Morgan fingerprint density at radius 1 is 1.25 bits per heavy atom. The molecule has 1 fully saturated rings. The Hall–Kier alpha value is -0.115. The topological polar surface area (TPSA) is 20.3 Å². The summed E-state index contributed by atoms with van der Waals surface area (Å²) in [6, 6.07) is 0. The quantitative estimate of drug-likeness (QED) is 0.604. The third-order valence-corrected chi connectivity index (χ3v) is 6.67. The average Bonchev–Trinajstić information content (AvgIpc) is 2.71. The molecule has 1 amide bonds. The monoisotopic (exact) mass is 296 g/mol. The Kier molecular flexibility index (Phi) is 6.49. The number of nitrogens with zero attached hydrogens (tertiary/aromatic N) is 1. The van der Waals surface area contributed by atoms with E-state index in [0.29, 0.717) is 11.7 Å². The summed E-state index contributed by atoms with van der Waals surface area (Å²) in [5, 5.41) is 0. The van der Waals surface area contributed by atoms with Gasteiger partial charge in [-0.15, -0.1) is 0 Å². The molecule has 1 rings (SSSR count). The predicted octanol–water partition coefficient (Wildman–Crippen LogP) is 4.72. The molecular weight excluding hydrogens is 265 g/mol. The Bertz CT molecular complexity index is 324. The van der Waals surface area contributed by atoms with Crippen molar-refractivity contribution in [2.75, 3.05) is 6.54 Å². The highest BCUT2D eigenvalue weighted by atomic mass is 32.2. The molecule has 4 heteroatoms. The molecule has 0 aromatic heterocycles. The zero-order chi connectivity index (χ0) is 15.4. The van der Waals surface area contributed by atoms with Gasteiger partial charge in [0, 0.05) is 12.0 Å². The van der Waals surface area contributed by atoms with Crippen LogP contribution in [0.5, 0.6) is 0 Å². The van der Waals surface area contributed by atoms with Crippen LogP contribution in [0.3, 0.4) is 0 Å². The zero-order valence-corrected chi connectivity index (χ0v) is 15.0. The van der Waals surface area contributed by atoms with Gasteiger partial charge < -0.3 is 4.90 Å². The second-order valence-electron chi connectivity index (χ2n) is 6.57. The van der Waals surface area contributed by atoms with Gasteiger partial charge in [-0.3, -0.25) is 4.79 Å². The van der Waals surface area contributed by atoms with Crippen LogP contribution in [0.4, 0.5) is 0 Å². The minimum absolute atomic E-state index is 0.0343. The van der Waals surface area contributed by atoms with Crippen LogP contribution in [0.15, 0.2) is 0 Å². The fourth-order valence-corrected chi connectivity index (χ4v) is 4.39. The zero-order valence-electron chi connectivity index (χ0n) is 14.2. The van der Waals surface area contributed by atoms with Gasteiger partial charge in [0.25, 0.3) is 0 Å². The van der Waals surface area contributed by atoms with Gasteiger partial charge in [0.05, 0.1) is 4.87 Å². The lowest BCUT2D eigenvalue weighted by Crippen LogP contribution is -2.48. The van der Waals surface area contributed by atoms with Crippen molar-refractivity contribution in [1.29, 1.82) is 0 Å². The predicted molar refractivity (Wildman–Crippen MR) is 91.1 cm³/mol. The van der Waals surface area contributed by atoms with Crippen LogP contribution in [-0.2, 0) is 4.79 Å². The van der Waals surface area contributed by atoms with E-state index < -0.39 is 0 Å². The van der Waals surface area contributed by atoms with Crippen molar-refractivity contribution in [3.8, 4) is 0 Å². The third-order valence-electron chi connectivity index (χ3n) is 4.91. The normalized spacial score (nSPS) is 18.9. The van der Waals surface area contributed by atoms with Crippen molar-refractivity contribution < 1.29 is 4.79 Å². The lowest BCUT2D eigenvalue weighted by atomic mass is 9.81. The summed E-state index contributed by atoms with van der Waals surface area (Å²) < 4.78 is 0. The summed E-state index contributed by atoms with van der Waals surface area (Å²) in [4.78, 5) is 14.8. The number of carbonyl (C=O) groups is 1. The summed E-state index contributed by atoms with van der Waals surface area (Å²) >= 11 is 1.91. The molecule has 0 aromatic carbocycles. The van der Waals surface area contributed by atoms with Gasteiger partial charge in [-0.2, -0.15) is 11.6 Å². The smallest absolute Gasteiger partial charge is 0.229 e. The standard InChI is InChI=1S/C16H31BNOS/c1-7-13(8-2)17-20-16(9-3,10-4)18-12-11-15(5,6)14(18)19/h13H,7-12H2,1-6H3. The molecule has 0 bridgehead atoms. The fraction of sp³-hybridized carbons (Fsp3) is 0.938. The van der Waals surface area contributed by atoms with E-state index in [1.807, 2.05) is 11.6 Å². The highest BCUT2D eigenvalue weighted by molar-refractivity contribution is 8.23. The molecule has 0 atom stereocenters. The van der Waals surface area contributed by atoms with E-state index in [1.54, 1.807) is 0 Å². The highest BCUT2D eigenvalue weighted by Gasteiger charge is 2.47. The molecule has 115 valence electrons. The number of carbonyl (C=O) groups excluding carboxylic acids is 1. The molecule has 20 heavy (non-hydrogen) atoms. The Balaban J connectivity index is 2.84. The fourth-order valence-electron chi connectivity index (χ4n) is 2.92. The van der Waals surface area contributed by atoms with Crippen molar-refractivity contribution in [3.63, 3.8) is 0 Å². The van der Waals surface area contributed by atoms with Crippen molar-refractivity contribution in [2.24, 2.45) is 5.41 Å². The van der Waals surface area contributed by atoms with Gasteiger partial charge in [-0.05, 0) is 19.3 Å². The van der Waals surface area contributed by atoms with Gasteiger partial charge in [0.2, 0.25) is 5.91 Å². The number of hydrogen-bond donors (Lipinski definition) is 0. The Morgan fingerprint density at radius 3 is 2.15 bits per heavy atom. The molecule has 1 radical (unpaired) electrons. The van der Waals surface area contributed by atoms with Crippen LogP contribution in [0, 0.1) is 5.41 Å². The molecule has 0 aliphatic carbocycles. The van der Waals surface area contributed by atoms with Gasteiger partial charge in [0.1, 0.15) is 0 Å². The summed E-state index contributed by atoms with van der Waals surface area (Å²) in [6.07, 6.45) is 5.40. The first-order valence-corrected chi connectivity index (χ1v) is 9.08. The minimum atomic E-state index is -0.176. The molecule has 2 nitrogen and oxygen atoms in total. The minimum Gasteiger partial charge on any atom is -0.328 e. The lowest BCUT2D eigenvalue weighted by Gasteiger charge is -2.42. The molecule has 0 unspecified atom stereocenters. The molecule has 0 N–H and O–H groups in total. The molecular formula is C16H31BNOS. The van der Waals surface area contributed by atoms with E-state index in [2.05, 4.69) is 53.0 Å². The van der Waals surface area contributed by atoms with Crippen molar-refractivity contribution in [1.82, 2.24) is 4.90 Å². The number of likely N-dealkylation sites (tertiary alicyclic amines) is 1. The lowest BCUT2D eigenvalue weighted by molar-refractivity contribution is -0.137. The van der Waals surface area contributed by atoms with Crippen molar-refractivity contribution in [3.05, 3.63) is 0 Å². The van der Waals surface area contributed by atoms with E-state index in [-0.39, 0.29) is 10.3 Å². The summed E-state index contributed by atoms with van der Waals surface area (Å²) in [6.45, 7) is 16.4. The van der Waals surface area contributed by atoms with E-state index in [9.17, 15) is 4.79 Å². The van der Waals surface area contributed by atoms with Gasteiger partial charge in [-0.1, -0.05) is 60.2 Å². The average molecular weight is 296 g/mol. The molecule has 0 spiro atoms. The second-order valence-corrected chi connectivity index (χ2v) is 7.84. The molecule has 0 aromatic rings. The van der Waals surface area contributed by atoms with Gasteiger partial charge in [-0.25, -0.2) is 0 Å². The maximum absolute atomic E-state index is 12.7. The summed E-state index contributed by atoms with van der Waals surface area (Å²) in [5.41, 5.74) is -0.176. The first-order chi connectivity index (χ1) is 9.36. The van der Waals surface area contributed by atoms with E-state index in [0.717, 1.165) is 25.8 Å². The maximum Gasteiger partial charge on any atom is 0.229 e. The molecule has 1 aliphatic heterocycles. The van der Waals surface area contributed by atoms with Crippen LogP contribution in [-0.4, -0.2) is 28.8 Å². The van der Waals surface area contributed by atoms with Crippen molar-refractivity contribution >= 4 is 24.1 Å². The number of hydrogen-bond acceptors (Lipinski definition) is 2. The van der Waals surface area contributed by atoms with Crippen LogP contribution in [0.2, 0.25) is 5.82 Å². The van der Waals surface area contributed by atoms with E-state index in [4.69, 9.17) is 0 Å². The first-order valence-electron chi connectivity index (χ1n) is 8.20. The van der Waals surface area contributed by atoms with Crippen molar-refractivity contribution in [2.45, 2.75) is 84.3 Å². The van der Waals surface area contributed by atoms with E-state index in [1.165, 1.54) is 12.8 Å². The van der Waals surface area contributed by atoms with Gasteiger partial charge >= 0.3 is 0 Å². The number of amides is 1. The molecule has 1 heterocycles. The third kappa shape index (κ3) is 3.55. The van der Waals surface area contributed by atoms with Crippen LogP contribution in [0.25, 0.3) is 0 Å². The number of rotatable bonds is 8. The largest absolute Gasteiger partial charge is 0.328 e. The SMILES string of the molecule is CCC([B]SC(CC)(CC)N1CCC(C)(C)C1=O)CC. The maximum atomic E-state index is 12.7. The summed E-state index contributed by atoms with van der Waals surface area (Å²) in [5.74, 6) is 0.995. The Labute approximate surface area is 130 Å². The molecule has 0 saturated carbocycles. The van der Waals surface area contributed by atoms with Crippen LogP contribution in [0.1, 0.15) is 73.6 Å². The molecule has 1 saturated heterocycles. The molecule has 1 aliphatic rings. The van der Waals surface area contributed by atoms with Crippen LogP contribution >= 0.6 is 11.6 Å². The van der Waals surface area contributed by atoms with Crippen LogP contribution < -0.4 is 0 Å². The summed E-state index contributed by atoms with van der Waals surface area (Å²) in [7, 11) is 0. The second kappa shape index (κ2) is 7.24. The Morgan fingerprint density at radius 2 is 1.80 bits per heavy atom. The highest BCUT2D eigenvalue weighted by Crippen LogP contribution is 2.44. The van der Waals surface area contributed by atoms with E-state index >= 15 is 0 Å².